The van der Waals surface area contributed by atoms with Crippen molar-refractivity contribution in [3.63, 3.8) is 0 Å². The standard InChI is InChI=1S/C20H23N5O2.C19H28BN3O3.2C13H16BrN3O.C13H16BrN3.C7H7BrN2O/c1-20(2,3)25-18-16(10-26)23-14-6-4-5-11(17(14)24-18)15-9-12-13(22-15)7-8-21-19(12)27;1-17(2,3)23-16-14(11-24)21-13-10-8-9-12(15(13)22-16)20-25-18(4,5)19(6,7)26-20;1-13(2,3)17-11-12(18-4)15-9-7-5-6-8(14)10(9)16-11;1-13(2,3)17-12-10(7-18)15-9-6-4-5-8(14)11(9)16-12;1-8-12(17-13(2,3)4)16-11-9(14)6-5-7-10(11)15-8;8-6-3-4-5(10-6)1-2-9-7(4)11/h4-6,9,22,26H,7-8,10H2,1-3H3,(H,21,27)(H,24,25);8-10,24H,11H2,1-7H3,(H,22,23);5-7H,1-4H3,(H,16,17);4-6,18H,7H2,1-3H3,(H,16,17);5-7H,1-4H3,(H,16,17);3,10H,1-2H2,(H,9,11). The van der Waals surface area contributed by atoms with Crippen LogP contribution < -0.4 is 47.4 Å². The van der Waals surface area contributed by atoms with E-state index in [1.54, 1.807) is 7.11 Å². The van der Waals surface area contributed by atoms with Crippen molar-refractivity contribution in [1.82, 2.24) is 70.4 Å². The number of anilines is 5. The summed E-state index contributed by atoms with van der Waals surface area (Å²) in [6.45, 7) is 41.8. The number of fused-ring (bicyclic) bond motifs is 7. The van der Waals surface area contributed by atoms with Crippen LogP contribution >= 0.6 is 63.7 Å². The molecule has 12 N–H and O–H groups in total. The molecule has 0 spiro atoms. The minimum atomic E-state index is -0.513. The van der Waals surface area contributed by atoms with E-state index in [4.69, 9.17) is 24.0 Å². The van der Waals surface area contributed by atoms with Crippen LogP contribution in [0, 0.1) is 6.92 Å². The molecule has 0 aliphatic carbocycles. The number of halogens is 4. The van der Waals surface area contributed by atoms with Gasteiger partial charge in [-0.05, 0) is 263 Å². The molecule has 1 fully saturated rings. The highest BCUT2D eigenvalue weighted by atomic mass is 79.9. The summed E-state index contributed by atoms with van der Waals surface area (Å²) in [5, 5.41) is 51.0. The maximum absolute atomic E-state index is 12.1. The first-order valence-electron chi connectivity index (χ1n) is 38.5. The molecule has 7 aromatic heterocycles. The number of amides is 2. The summed E-state index contributed by atoms with van der Waals surface area (Å²) in [6.07, 6.45) is 1.68. The third-order valence-electron chi connectivity index (χ3n) is 18.2. The molecule has 10 heterocycles. The van der Waals surface area contributed by atoms with Crippen LogP contribution in [-0.4, -0.2) is 153 Å². The van der Waals surface area contributed by atoms with E-state index in [-0.39, 0.29) is 59.3 Å². The van der Waals surface area contributed by atoms with Gasteiger partial charge in [0, 0.05) is 95.2 Å². The average Bonchev–Trinajstić information content (AvgIpc) is 1.61. The molecule has 117 heavy (non-hydrogen) atoms. The summed E-state index contributed by atoms with van der Waals surface area (Å²) in [5.74, 6) is 3.76. The summed E-state index contributed by atoms with van der Waals surface area (Å²) in [4.78, 5) is 75.7. The Morgan fingerprint density at radius 2 is 0.786 bits per heavy atom. The quantitative estimate of drug-likeness (QED) is 0.0535. The van der Waals surface area contributed by atoms with Crippen molar-refractivity contribution in [2.24, 2.45) is 0 Å². The lowest BCUT2D eigenvalue weighted by molar-refractivity contribution is 0.00578. The molecule has 0 radical (unpaired) electrons. The number of hydrogen-bond donors (Lipinski definition) is 12. The first kappa shape index (κ1) is 90.2. The van der Waals surface area contributed by atoms with Gasteiger partial charge in [-0.2, -0.15) is 0 Å². The van der Waals surface area contributed by atoms with E-state index in [2.05, 4.69) is 192 Å². The fourth-order valence-electron chi connectivity index (χ4n) is 12.3. The Balaban J connectivity index is 0.000000151. The van der Waals surface area contributed by atoms with Crippen LogP contribution in [0.2, 0.25) is 0 Å². The highest BCUT2D eigenvalue weighted by molar-refractivity contribution is 9.11. The van der Waals surface area contributed by atoms with Gasteiger partial charge in [0.05, 0.1) is 92.7 Å². The number of rotatable bonds is 11. The molecule has 32 heteroatoms. The highest BCUT2D eigenvalue weighted by Crippen LogP contribution is 2.39. The maximum atomic E-state index is 12.1. The summed E-state index contributed by atoms with van der Waals surface area (Å²) in [7, 11) is 1.09. The van der Waals surface area contributed by atoms with E-state index >= 15 is 0 Å². The molecule has 15 rings (SSSR count). The second-order valence-corrected chi connectivity index (χ2v) is 38.0. The number of aromatic nitrogens is 12. The van der Waals surface area contributed by atoms with Crippen LogP contribution in [0.1, 0.15) is 186 Å². The number of hydrogen-bond acceptors (Lipinski definition) is 23. The SMILES string of the molecule is CC(C)(C)Nc1nc2c(-c3cc4c([nH]3)CCNC4=O)cccc2nc1CO.CC(C)(C)Nc1nc2c(B3OC(C)(C)C(C)(C)O3)cccc2nc1CO.CC(C)(C)Nc1nc2c(Br)cccc2nc1CO.COc1nc2cccc(Br)c2nc1NC(C)(C)C.Cc1nc2cccc(Br)c2nc1NC(C)(C)C.O=C1NCCc2[nH]c(Br)cc21. The third kappa shape index (κ3) is 23.2. The van der Waals surface area contributed by atoms with Crippen LogP contribution in [0.5, 0.6) is 5.88 Å². The highest BCUT2D eigenvalue weighted by Gasteiger charge is 2.52. The van der Waals surface area contributed by atoms with Crippen molar-refractivity contribution >= 4 is 172 Å². The van der Waals surface area contributed by atoms with Crippen LogP contribution in [0.15, 0.2) is 121 Å². The summed E-state index contributed by atoms with van der Waals surface area (Å²) < 4.78 is 21.3. The molecule has 3 aliphatic heterocycles. The lowest BCUT2D eigenvalue weighted by Crippen LogP contribution is -2.41. The van der Waals surface area contributed by atoms with Crippen molar-refractivity contribution < 1.29 is 39.0 Å². The summed E-state index contributed by atoms with van der Waals surface area (Å²) in [6, 6.07) is 32.6. The number of ether oxygens (including phenoxy) is 1. The number of nitrogens with one attached hydrogen (secondary N) is 9. The Morgan fingerprint density at radius 3 is 1.21 bits per heavy atom. The molecular formula is C85H106BBr4N19O8. The molecule has 620 valence electrons. The van der Waals surface area contributed by atoms with Gasteiger partial charge in [0.2, 0.25) is 0 Å². The first-order chi connectivity index (χ1) is 54.7. The number of H-pyrrole nitrogens is 2. The number of nitrogens with zero attached hydrogens (tertiary/aromatic N) is 10. The second-order valence-electron chi connectivity index (χ2n) is 34.5. The molecular weight excluding hydrogens is 1750 g/mol. The van der Waals surface area contributed by atoms with Crippen molar-refractivity contribution in [2.45, 2.75) is 210 Å². The van der Waals surface area contributed by atoms with E-state index < -0.39 is 18.3 Å². The van der Waals surface area contributed by atoms with Gasteiger partial charge in [-0.3, -0.25) is 9.59 Å². The summed E-state index contributed by atoms with van der Waals surface area (Å²) >= 11 is 13.7. The lowest BCUT2D eigenvalue weighted by Gasteiger charge is -2.32. The molecule has 3 aliphatic rings. The van der Waals surface area contributed by atoms with Crippen LogP contribution in [0.3, 0.4) is 0 Å². The van der Waals surface area contributed by atoms with E-state index in [0.717, 1.165) is 127 Å². The zero-order valence-corrected chi connectivity index (χ0v) is 76.6. The smallest absolute Gasteiger partial charge is 0.478 e. The third-order valence-corrected chi connectivity index (χ3v) is 20.5. The van der Waals surface area contributed by atoms with Crippen LogP contribution in [-0.2, 0) is 42.0 Å². The molecule has 0 unspecified atom stereocenters. The Bertz CT molecular complexity index is 5490. The molecule has 12 aromatic rings. The number of aromatic amines is 2. The average molecular weight is 1850 g/mol. The van der Waals surface area contributed by atoms with Gasteiger partial charge in [0.1, 0.15) is 45.0 Å². The maximum Gasteiger partial charge on any atom is 0.497 e. The number of methoxy groups -OCH3 is 1. The predicted octanol–water partition coefficient (Wildman–Crippen LogP) is 16.9. The number of benzene rings is 5. The number of aliphatic hydroxyl groups excluding tert-OH is 3. The Kier molecular flexibility index (Phi) is 28.2. The second kappa shape index (κ2) is 36.6. The minimum Gasteiger partial charge on any atom is -0.478 e. The van der Waals surface area contributed by atoms with Gasteiger partial charge in [0.15, 0.2) is 23.3 Å². The molecule has 0 atom stereocenters. The predicted molar refractivity (Wildman–Crippen MR) is 483 cm³/mol. The monoisotopic (exact) mass is 1850 g/mol. The Hall–Kier alpha value is -9.12. The minimum absolute atomic E-state index is 0.0195. The van der Waals surface area contributed by atoms with E-state index in [1.165, 1.54) is 0 Å². The van der Waals surface area contributed by atoms with Gasteiger partial charge in [-0.15, -0.1) is 0 Å². The molecule has 1 saturated heterocycles. The zero-order chi connectivity index (χ0) is 85.7. The van der Waals surface area contributed by atoms with Crippen LogP contribution in [0.25, 0.3) is 66.4 Å². The zero-order valence-electron chi connectivity index (χ0n) is 70.2. The van der Waals surface area contributed by atoms with Gasteiger partial charge >= 0.3 is 7.12 Å². The fraction of sp³-hybridized carbons (Fsp3) is 0.412. The van der Waals surface area contributed by atoms with E-state index in [9.17, 15) is 24.9 Å². The topological polar surface area (TPSA) is 367 Å². The number of aliphatic hydroxyl groups is 3. The van der Waals surface area contributed by atoms with Crippen molar-refractivity contribution in [1.29, 1.82) is 0 Å². The molecule has 0 saturated carbocycles. The molecule has 0 bridgehead atoms. The van der Waals surface area contributed by atoms with E-state index in [0.29, 0.717) is 69.4 Å². The van der Waals surface area contributed by atoms with E-state index in [1.807, 2.05) is 200 Å². The fourth-order valence-corrected chi connectivity index (χ4v) is 14.1. The normalized spacial score (nSPS) is 14.3. The summed E-state index contributed by atoms with van der Waals surface area (Å²) in [5.41, 5.74) is 14.8. The number of aryl methyl sites for hydroxylation is 1. The van der Waals surface area contributed by atoms with Crippen molar-refractivity contribution in [2.75, 3.05) is 46.8 Å². The largest absolute Gasteiger partial charge is 0.497 e. The molecule has 2 amide bonds. The number of carbonyl (C=O) groups excluding carboxylic acids is 2. The number of para-hydroxylation sites is 5. The van der Waals surface area contributed by atoms with Gasteiger partial charge in [-0.1, -0.05) is 42.5 Å². The molecule has 5 aromatic carbocycles. The van der Waals surface area contributed by atoms with Gasteiger partial charge in [0.25, 0.3) is 17.7 Å². The van der Waals surface area contributed by atoms with Gasteiger partial charge < -0.3 is 76.6 Å². The van der Waals surface area contributed by atoms with Crippen molar-refractivity contribution in [3.05, 3.63) is 166 Å². The molecule has 27 nitrogen and oxygen atoms in total. The Labute approximate surface area is 717 Å². The van der Waals surface area contributed by atoms with Gasteiger partial charge in [-0.25, -0.2) is 49.8 Å². The first-order valence-corrected chi connectivity index (χ1v) is 41.6. The Morgan fingerprint density at radius 1 is 0.436 bits per heavy atom. The lowest BCUT2D eigenvalue weighted by atomic mass is 9.78. The van der Waals surface area contributed by atoms with Crippen LogP contribution in [0.4, 0.5) is 29.1 Å². The van der Waals surface area contributed by atoms with Crippen molar-refractivity contribution in [3.8, 4) is 17.1 Å². The number of carbonyl (C=O) groups is 2.